The zero-order valence-electron chi connectivity index (χ0n) is 9.05. The summed E-state index contributed by atoms with van der Waals surface area (Å²) in [7, 11) is -2.47. The number of ether oxygens (including phenoxy) is 1. The van der Waals surface area contributed by atoms with E-state index in [4.69, 9.17) is 4.74 Å². The molecular formula is C12H13O3P. The highest BCUT2D eigenvalue weighted by atomic mass is 31.1. The fourth-order valence-electron chi connectivity index (χ4n) is 2.88. The number of hydrogen-bond acceptors (Lipinski definition) is 3. The van der Waals surface area contributed by atoms with Gasteiger partial charge in [0.2, 0.25) is 0 Å². The molecule has 0 bridgehead atoms. The molecule has 1 aromatic carbocycles. The van der Waals surface area contributed by atoms with E-state index in [1.807, 2.05) is 37.3 Å². The highest BCUT2D eigenvalue weighted by Crippen LogP contribution is 2.65. The fraction of sp³-hybridized carbons (Fsp3) is 0.500. The Morgan fingerprint density at radius 2 is 2.12 bits per heavy atom. The summed E-state index contributed by atoms with van der Waals surface area (Å²) in [6, 6.07) is 9.49. The van der Waals surface area contributed by atoms with E-state index in [0.717, 1.165) is 5.56 Å². The van der Waals surface area contributed by atoms with E-state index in [0.29, 0.717) is 12.8 Å². The van der Waals surface area contributed by atoms with Crippen molar-refractivity contribution in [3.05, 3.63) is 35.9 Å². The van der Waals surface area contributed by atoms with Crippen LogP contribution < -0.4 is 4.89 Å². The Morgan fingerprint density at radius 3 is 2.62 bits per heavy atom. The molecule has 1 heterocycles. The Morgan fingerprint density at radius 1 is 1.44 bits per heavy atom. The van der Waals surface area contributed by atoms with Crippen molar-refractivity contribution < 1.29 is 14.2 Å². The molecule has 1 aliphatic carbocycles. The Labute approximate surface area is 95.3 Å². The molecule has 3 rings (SSSR count). The molecule has 1 saturated carbocycles. The smallest absolute Gasteiger partial charge is 0.320 e. The Kier molecular flexibility index (Phi) is 2.03. The van der Waals surface area contributed by atoms with Gasteiger partial charge >= 0.3 is 8.03 Å². The minimum atomic E-state index is -2.47. The molecule has 0 N–H and O–H groups in total. The molecular weight excluding hydrogens is 223 g/mol. The van der Waals surface area contributed by atoms with Gasteiger partial charge < -0.3 is 9.63 Å². The van der Waals surface area contributed by atoms with Gasteiger partial charge in [-0.15, -0.1) is 0 Å². The van der Waals surface area contributed by atoms with E-state index in [1.165, 1.54) is 0 Å². The van der Waals surface area contributed by atoms with E-state index in [9.17, 15) is 9.46 Å². The van der Waals surface area contributed by atoms with Crippen LogP contribution in [0.2, 0.25) is 0 Å². The van der Waals surface area contributed by atoms with Gasteiger partial charge in [0.1, 0.15) is 0 Å². The number of epoxide rings is 1. The molecule has 4 atom stereocenters. The molecule has 0 radical (unpaired) electrons. The summed E-state index contributed by atoms with van der Waals surface area (Å²) in [5.74, 6) is 0. The van der Waals surface area contributed by atoms with Crippen molar-refractivity contribution in [2.24, 2.45) is 0 Å². The molecule has 4 unspecified atom stereocenters. The molecule has 0 aromatic heterocycles. The molecule has 1 saturated heterocycles. The molecule has 2 fully saturated rings. The van der Waals surface area contributed by atoms with Gasteiger partial charge in [-0.2, -0.15) is 0 Å². The predicted molar refractivity (Wildman–Crippen MR) is 58.2 cm³/mol. The molecule has 3 nitrogen and oxygen atoms in total. The van der Waals surface area contributed by atoms with Crippen molar-refractivity contribution in [2.75, 3.05) is 0 Å². The van der Waals surface area contributed by atoms with Crippen LogP contribution in [0.1, 0.15) is 25.3 Å². The van der Waals surface area contributed by atoms with Crippen molar-refractivity contribution in [2.45, 2.75) is 36.6 Å². The van der Waals surface area contributed by atoms with Crippen LogP contribution in [-0.2, 0) is 14.5 Å². The molecule has 0 spiro atoms. The maximum atomic E-state index is 11.6. The van der Waals surface area contributed by atoms with Crippen molar-refractivity contribution in [3.8, 4) is 0 Å². The quantitative estimate of drug-likeness (QED) is 0.582. The zero-order valence-corrected chi connectivity index (χ0v) is 9.94. The molecule has 1 aromatic rings. The number of fused-ring (bicyclic) bond motifs is 1. The van der Waals surface area contributed by atoms with Crippen molar-refractivity contribution in [1.82, 2.24) is 0 Å². The summed E-state index contributed by atoms with van der Waals surface area (Å²) >= 11 is 0. The first-order valence-corrected chi connectivity index (χ1v) is 6.62. The first-order chi connectivity index (χ1) is 7.57. The summed E-state index contributed by atoms with van der Waals surface area (Å²) < 4.78 is 17.1. The van der Waals surface area contributed by atoms with E-state index >= 15 is 0 Å². The Balaban J connectivity index is 2.03. The molecule has 4 heteroatoms. The largest absolute Gasteiger partial charge is 0.595 e. The third-order valence-electron chi connectivity index (χ3n) is 3.86. The molecule has 84 valence electrons. The maximum absolute atomic E-state index is 11.6. The van der Waals surface area contributed by atoms with Crippen molar-refractivity contribution in [3.63, 3.8) is 0 Å². The zero-order chi connectivity index (χ0) is 11.4. The van der Waals surface area contributed by atoms with Gasteiger partial charge in [-0.3, -0.25) is 0 Å². The molecule has 16 heavy (non-hydrogen) atoms. The van der Waals surface area contributed by atoms with Gasteiger partial charge in [0.15, 0.2) is 5.16 Å². The summed E-state index contributed by atoms with van der Waals surface area (Å²) in [5.41, 5.74) is 0.703. The summed E-state index contributed by atoms with van der Waals surface area (Å²) in [6.07, 6.45) is 1.32. The molecule has 0 amide bonds. The van der Waals surface area contributed by atoms with E-state index < -0.39 is 13.2 Å². The number of hydrogen-bond donors (Lipinski definition) is 0. The second-order valence-electron chi connectivity index (χ2n) is 4.95. The van der Waals surface area contributed by atoms with E-state index in [1.54, 1.807) is 0 Å². The predicted octanol–water partition coefficient (Wildman–Crippen LogP) is 1.94. The summed E-state index contributed by atoms with van der Waals surface area (Å²) in [6.45, 7) is 2.00. The first kappa shape index (κ1) is 10.4. The minimum absolute atomic E-state index is 0.126. The number of rotatable bonds is 2. The first-order valence-electron chi connectivity index (χ1n) is 5.45. The Bertz CT molecular complexity index is 447. The second kappa shape index (κ2) is 3.13. The fourth-order valence-corrected chi connectivity index (χ4v) is 3.99. The maximum Gasteiger partial charge on any atom is 0.320 e. The van der Waals surface area contributed by atoms with Crippen LogP contribution >= 0.6 is 8.03 Å². The van der Waals surface area contributed by atoms with Crippen molar-refractivity contribution in [1.29, 1.82) is 0 Å². The standard InChI is InChI=1S/C12H13O3P/c1-11-8-12(16(13)14,7-10(11)15-11)9-5-3-2-4-6-9/h2-6,10H,7-8H2,1H3. The van der Waals surface area contributed by atoms with Gasteiger partial charge in [0.25, 0.3) is 0 Å². The SMILES string of the molecule is CC12CC(c3ccccc3)([P+](=O)[O-])CC1O2. The van der Waals surface area contributed by atoms with E-state index in [2.05, 4.69) is 0 Å². The van der Waals surface area contributed by atoms with Crippen LogP contribution in [0.5, 0.6) is 0 Å². The third-order valence-corrected chi connectivity index (χ3v) is 5.16. The lowest BCUT2D eigenvalue weighted by atomic mass is 9.94. The van der Waals surface area contributed by atoms with Crippen LogP contribution in [0.15, 0.2) is 30.3 Å². The van der Waals surface area contributed by atoms with Crippen LogP contribution in [0.25, 0.3) is 0 Å². The van der Waals surface area contributed by atoms with Crippen LogP contribution in [0, 0.1) is 0 Å². The lowest BCUT2D eigenvalue weighted by molar-refractivity contribution is -0.171. The molecule has 1 aliphatic heterocycles. The summed E-state index contributed by atoms with van der Waals surface area (Å²) in [5, 5.41) is -0.700. The number of benzene rings is 1. The van der Waals surface area contributed by atoms with Crippen molar-refractivity contribution >= 4 is 8.03 Å². The van der Waals surface area contributed by atoms with Gasteiger partial charge in [-0.05, 0) is 6.92 Å². The highest BCUT2D eigenvalue weighted by molar-refractivity contribution is 7.38. The van der Waals surface area contributed by atoms with Crippen LogP contribution in [-0.4, -0.2) is 11.7 Å². The Hall–Kier alpha value is -0.760. The highest BCUT2D eigenvalue weighted by Gasteiger charge is 2.70. The minimum Gasteiger partial charge on any atom is -0.595 e. The average Bonchev–Trinajstić information content (AvgIpc) is 2.78. The molecule has 2 aliphatic rings. The lowest BCUT2D eigenvalue weighted by Gasteiger charge is -2.22. The van der Waals surface area contributed by atoms with Gasteiger partial charge in [0, 0.05) is 18.4 Å². The third kappa shape index (κ3) is 1.29. The van der Waals surface area contributed by atoms with Gasteiger partial charge in [-0.1, -0.05) is 34.9 Å². The summed E-state index contributed by atoms with van der Waals surface area (Å²) in [4.78, 5) is 11.6. The topological polar surface area (TPSA) is 52.7 Å². The van der Waals surface area contributed by atoms with E-state index in [-0.39, 0.29) is 11.7 Å². The van der Waals surface area contributed by atoms with Gasteiger partial charge in [0.05, 0.1) is 11.7 Å². The van der Waals surface area contributed by atoms with Crippen LogP contribution in [0.4, 0.5) is 0 Å². The van der Waals surface area contributed by atoms with Gasteiger partial charge in [-0.25, -0.2) is 0 Å². The van der Waals surface area contributed by atoms with Crippen LogP contribution in [0.3, 0.4) is 0 Å². The monoisotopic (exact) mass is 236 g/mol. The normalized spacial score (nSPS) is 41.6. The second-order valence-corrected chi connectivity index (χ2v) is 6.33. The lowest BCUT2D eigenvalue weighted by Crippen LogP contribution is -2.26. The average molecular weight is 236 g/mol.